The average molecular weight is 398 g/mol. The molecule has 0 saturated heterocycles. The number of rotatable bonds is 6. The normalized spacial score (nSPS) is 10.5. The van der Waals surface area contributed by atoms with Gasteiger partial charge >= 0.3 is 5.97 Å². The minimum atomic E-state index is -0.629. The molecule has 29 heavy (non-hydrogen) atoms. The van der Waals surface area contributed by atoms with Crippen molar-refractivity contribution in [2.24, 2.45) is 0 Å². The molecule has 8 heteroatoms. The van der Waals surface area contributed by atoms with Crippen LogP contribution in [0.1, 0.15) is 17.3 Å². The molecule has 0 saturated carbocycles. The maximum absolute atomic E-state index is 12.9. The Kier molecular flexibility index (Phi) is 5.54. The van der Waals surface area contributed by atoms with Crippen LogP contribution in [0.5, 0.6) is 23.0 Å². The van der Waals surface area contributed by atoms with E-state index in [9.17, 15) is 14.4 Å². The van der Waals surface area contributed by atoms with E-state index < -0.39 is 11.4 Å². The number of methoxy groups -OCH3 is 3. The molecule has 0 aliphatic heterocycles. The summed E-state index contributed by atoms with van der Waals surface area (Å²) in [5.41, 5.74) is 0.579. The van der Waals surface area contributed by atoms with Crippen molar-refractivity contribution < 1.29 is 33.0 Å². The molecule has 150 valence electrons. The van der Waals surface area contributed by atoms with E-state index in [4.69, 9.17) is 23.4 Å². The summed E-state index contributed by atoms with van der Waals surface area (Å²) in [5.74, 6) is 0.198. The van der Waals surface area contributed by atoms with E-state index in [1.54, 1.807) is 18.2 Å². The van der Waals surface area contributed by atoms with Gasteiger partial charge in [-0.3, -0.25) is 14.4 Å². The first-order chi connectivity index (χ1) is 13.9. The van der Waals surface area contributed by atoms with Crippen molar-refractivity contribution in [3.05, 3.63) is 46.1 Å². The third-order valence-electron chi connectivity index (χ3n) is 4.21. The highest BCUT2D eigenvalue weighted by Crippen LogP contribution is 2.43. The van der Waals surface area contributed by atoms with E-state index in [0.717, 1.165) is 0 Å². The Morgan fingerprint density at radius 1 is 0.966 bits per heavy atom. The fraction of sp³-hybridized carbons (Fsp3) is 0.190. The number of aldehydes is 1. The van der Waals surface area contributed by atoms with Gasteiger partial charge in [0.25, 0.3) is 0 Å². The summed E-state index contributed by atoms with van der Waals surface area (Å²) in [6, 6.07) is 7.51. The fourth-order valence-electron chi connectivity index (χ4n) is 2.94. The molecule has 0 spiro atoms. The molecular weight excluding hydrogens is 380 g/mol. The number of carbonyl (C=O) groups excluding carboxylic acids is 2. The van der Waals surface area contributed by atoms with Crippen LogP contribution in [-0.2, 0) is 4.79 Å². The Balaban J connectivity index is 2.30. The van der Waals surface area contributed by atoms with Crippen molar-refractivity contribution in [2.75, 3.05) is 21.3 Å². The van der Waals surface area contributed by atoms with Gasteiger partial charge in [-0.1, -0.05) is 6.07 Å². The molecule has 0 aliphatic carbocycles. The lowest BCUT2D eigenvalue weighted by molar-refractivity contribution is -0.131. The molecule has 0 N–H and O–H groups in total. The lowest BCUT2D eigenvalue weighted by Crippen LogP contribution is -2.09. The minimum absolute atomic E-state index is 0.0399. The molecule has 0 atom stereocenters. The summed E-state index contributed by atoms with van der Waals surface area (Å²) in [4.78, 5) is 35.5. The molecule has 3 aromatic rings. The van der Waals surface area contributed by atoms with Crippen LogP contribution in [0.3, 0.4) is 0 Å². The molecule has 2 aromatic carbocycles. The molecule has 0 radical (unpaired) electrons. The van der Waals surface area contributed by atoms with Crippen LogP contribution in [0.2, 0.25) is 0 Å². The number of carbonyl (C=O) groups is 2. The predicted octanol–water partition coefficient (Wildman–Crippen LogP) is 3.22. The lowest BCUT2D eigenvalue weighted by Gasteiger charge is -2.15. The third kappa shape index (κ3) is 3.64. The van der Waals surface area contributed by atoms with Gasteiger partial charge in [0, 0.05) is 24.6 Å². The molecular formula is C21H18O8. The Bertz CT molecular complexity index is 1160. The van der Waals surface area contributed by atoms with Crippen molar-refractivity contribution in [3.63, 3.8) is 0 Å². The van der Waals surface area contributed by atoms with E-state index in [-0.39, 0.29) is 34.0 Å². The summed E-state index contributed by atoms with van der Waals surface area (Å²) in [6.07, 6.45) is 0.668. The molecule has 0 aliphatic rings. The minimum Gasteiger partial charge on any atom is -0.496 e. The number of esters is 1. The van der Waals surface area contributed by atoms with Crippen LogP contribution in [0.15, 0.2) is 39.5 Å². The second kappa shape index (κ2) is 8.05. The Morgan fingerprint density at radius 2 is 1.69 bits per heavy atom. The lowest BCUT2D eigenvalue weighted by atomic mass is 10.1. The van der Waals surface area contributed by atoms with Crippen molar-refractivity contribution in [2.45, 2.75) is 6.92 Å². The van der Waals surface area contributed by atoms with Gasteiger partial charge in [0.05, 0.1) is 26.9 Å². The first-order valence-corrected chi connectivity index (χ1v) is 8.48. The quantitative estimate of drug-likeness (QED) is 0.354. The van der Waals surface area contributed by atoms with E-state index >= 15 is 0 Å². The van der Waals surface area contributed by atoms with Crippen LogP contribution in [0.25, 0.3) is 22.3 Å². The Labute approximate surface area is 165 Å². The van der Waals surface area contributed by atoms with Crippen molar-refractivity contribution in [3.8, 4) is 34.3 Å². The monoisotopic (exact) mass is 398 g/mol. The smallest absolute Gasteiger partial charge is 0.308 e. The van der Waals surface area contributed by atoms with E-state index in [1.807, 2.05) is 0 Å². The van der Waals surface area contributed by atoms with Crippen molar-refractivity contribution in [1.82, 2.24) is 0 Å². The van der Waals surface area contributed by atoms with Gasteiger partial charge in [0.1, 0.15) is 22.5 Å². The second-order valence-corrected chi connectivity index (χ2v) is 5.96. The highest BCUT2D eigenvalue weighted by atomic mass is 16.6. The summed E-state index contributed by atoms with van der Waals surface area (Å²) in [5, 5.41) is 0.0399. The van der Waals surface area contributed by atoms with E-state index in [0.29, 0.717) is 23.2 Å². The molecule has 8 nitrogen and oxygen atoms in total. The number of hydrogen-bond acceptors (Lipinski definition) is 8. The summed E-state index contributed by atoms with van der Waals surface area (Å²) < 4.78 is 26.9. The van der Waals surface area contributed by atoms with Crippen LogP contribution in [-0.4, -0.2) is 33.6 Å². The van der Waals surface area contributed by atoms with Crippen molar-refractivity contribution in [1.29, 1.82) is 0 Å². The average Bonchev–Trinajstić information content (AvgIpc) is 2.71. The number of benzene rings is 2. The SMILES string of the molecule is COc1cc(-c2cc(=O)c3c(OC(C)=O)c(OC)c(OC)cc3o2)ccc1C=O. The molecule has 1 heterocycles. The van der Waals surface area contributed by atoms with Gasteiger partial charge in [-0.05, 0) is 12.1 Å². The van der Waals surface area contributed by atoms with Crippen molar-refractivity contribution >= 4 is 23.2 Å². The molecule has 0 amide bonds. The van der Waals surface area contributed by atoms with Crippen LogP contribution < -0.4 is 24.4 Å². The molecule has 0 fully saturated rings. The molecule has 1 aromatic heterocycles. The summed E-state index contributed by atoms with van der Waals surface area (Å²) in [6.45, 7) is 1.21. The first kappa shape index (κ1) is 19.9. The maximum atomic E-state index is 12.9. The maximum Gasteiger partial charge on any atom is 0.308 e. The zero-order chi connectivity index (χ0) is 21.1. The number of fused-ring (bicyclic) bond motifs is 1. The predicted molar refractivity (Wildman–Crippen MR) is 104 cm³/mol. The highest BCUT2D eigenvalue weighted by Gasteiger charge is 2.23. The molecule has 3 rings (SSSR count). The van der Waals surface area contributed by atoms with Crippen LogP contribution >= 0.6 is 0 Å². The largest absolute Gasteiger partial charge is 0.496 e. The third-order valence-corrected chi connectivity index (χ3v) is 4.21. The molecule has 0 bridgehead atoms. The van der Waals surface area contributed by atoms with Gasteiger partial charge in [-0.15, -0.1) is 0 Å². The Hall–Kier alpha value is -3.81. The summed E-state index contributed by atoms with van der Waals surface area (Å²) >= 11 is 0. The first-order valence-electron chi connectivity index (χ1n) is 8.48. The van der Waals surface area contributed by atoms with Crippen LogP contribution in [0.4, 0.5) is 0 Å². The zero-order valence-electron chi connectivity index (χ0n) is 16.2. The van der Waals surface area contributed by atoms with Gasteiger partial charge < -0.3 is 23.4 Å². The standard InChI is InChI=1S/C21H18O8/c1-11(23)28-21-19-14(24)8-16(12-5-6-13(10-22)15(7-12)25-2)29-17(19)9-18(26-3)20(21)27-4/h5-10H,1-4H3. The highest BCUT2D eigenvalue weighted by molar-refractivity contribution is 5.92. The number of hydrogen-bond donors (Lipinski definition) is 0. The topological polar surface area (TPSA) is 101 Å². The van der Waals surface area contributed by atoms with E-state index in [1.165, 1.54) is 40.4 Å². The summed E-state index contributed by atoms with van der Waals surface area (Å²) in [7, 11) is 4.21. The number of ether oxygens (including phenoxy) is 4. The fourth-order valence-corrected chi connectivity index (χ4v) is 2.94. The van der Waals surface area contributed by atoms with Crippen LogP contribution in [0, 0.1) is 0 Å². The van der Waals surface area contributed by atoms with Gasteiger partial charge in [-0.2, -0.15) is 0 Å². The zero-order valence-corrected chi connectivity index (χ0v) is 16.2. The van der Waals surface area contributed by atoms with Gasteiger partial charge in [-0.25, -0.2) is 0 Å². The van der Waals surface area contributed by atoms with Gasteiger partial charge in [0.2, 0.25) is 5.75 Å². The molecule has 0 unspecified atom stereocenters. The second-order valence-electron chi connectivity index (χ2n) is 5.96. The Morgan fingerprint density at radius 3 is 2.28 bits per heavy atom. The van der Waals surface area contributed by atoms with E-state index in [2.05, 4.69) is 0 Å². The van der Waals surface area contributed by atoms with Gasteiger partial charge in [0.15, 0.2) is 23.2 Å².